The molecule has 0 radical (unpaired) electrons. The molecule has 0 saturated heterocycles. The number of fused-ring (bicyclic) bond motifs is 2. The second-order valence-corrected chi connectivity index (χ2v) is 59.9. The fourth-order valence-electron chi connectivity index (χ4n) is 8.60. The van der Waals surface area contributed by atoms with Gasteiger partial charge in [-0.15, -0.1) is 0 Å². The third kappa shape index (κ3) is 6.20. The van der Waals surface area contributed by atoms with Crippen molar-refractivity contribution in [3.8, 4) is 22.3 Å². The fourth-order valence-corrected chi connectivity index (χ4v) is 40.2. The third-order valence-electron chi connectivity index (χ3n) is 11.7. The van der Waals surface area contributed by atoms with Gasteiger partial charge in [0.05, 0.1) is 0 Å². The van der Waals surface area contributed by atoms with Gasteiger partial charge in [-0.25, -0.2) is 0 Å². The zero-order chi connectivity index (χ0) is 35.7. The molecule has 4 heteroatoms. The van der Waals surface area contributed by atoms with E-state index in [1.165, 1.54) is 66.8 Å². The minimum atomic E-state index is -4.85. The molecule has 0 aliphatic heterocycles. The summed E-state index contributed by atoms with van der Waals surface area (Å²) < 4.78 is 0.180. The summed E-state index contributed by atoms with van der Waals surface area (Å²) in [6, 6.07) is 32.2. The van der Waals surface area contributed by atoms with Crippen LogP contribution in [0.2, 0.25) is 13.1 Å². The second-order valence-electron chi connectivity index (χ2n) is 17.4. The van der Waals surface area contributed by atoms with Gasteiger partial charge in [0.15, 0.2) is 0 Å². The Morgan fingerprint density at radius 2 is 1.06 bits per heavy atom. The maximum atomic E-state index is 8.70. The molecule has 0 amide bonds. The molecule has 2 aliphatic rings. The molecule has 0 spiro atoms. The van der Waals surface area contributed by atoms with Crippen molar-refractivity contribution < 1.29 is 15.6 Å². The molecule has 0 bridgehead atoms. The van der Waals surface area contributed by atoms with E-state index in [0.29, 0.717) is 5.92 Å². The standard InChI is InChI=1S/C22H25.C21H23.C2H7Si.2ClH.Zr/c1-15(2)18-13-17-7-6-8-20(21(17)14-18)16-9-11-19(12-10-16)22(3,4)5;1-5-15-13-17-7-6-8-19(20(17)14-15)16-9-11-18(12-10-16)21(2,3)4;1-3-2;;;/h6-15H,1-5H3;6-14H,5H2,1-4H3;3H,1-2H3;2*1H;/q;;;;;+2/p-2. The van der Waals surface area contributed by atoms with Crippen LogP contribution in [-0.2, 0) is 26.4 Å². The van der Waals surface area contributed by atoms with Crippen LogP contribution in [-0.4, -0.2) is 5.92 Å². The van der Waals surface area contributed by atoms with E-state index >= 15 is 0 Å². The summed E-state index contributed by atoms with van der Waals surface area (Å²) in [6.45, 7) is 25.5. The molecule has 2 aliphatic carbocycles. The number of allylic oxidation sites excluding steroid dienone is 2. The van der Waals surface area contributed by atoms with Gasteiger partial charge < -0.3 is 0 Å². The number of rotatable bonds is 7. The summed E-state index contributed by atoms with van der Waals surface area (Å²) in [7, 11) is 17.4. The molecule has 4 aromatic rings. The summed E-state index contributed by atoms with van der Waals surface area (Å²) >= 11 is -4.85. The fraction of sp³-hybridized carbons (Fsp3) is 0.378. The van der Waals surface area contributed by atoms with Crippen molar-refractivity contribution in [2.45, 2.75) is 99.9 Å². The van der Waals surface area contributed by atoms with E-state index < -0.39 is 21.5 Å². The molecule has 0 N–H and O–H groups in total. The van der Waals surface area contributed by atoms with E-state index in [-0.39, 0.29) is 18.1 Å². The molecule has 2 unspecified atom stereocenters. The Bertz CT molecular complexity index is 1950. The first-order valence-electron chi connectivity index (χ1n) is 18.3. The van der Waals surface area contributed by atoms with Crippen molar-refractivity contribution in [1.82, 2.24) is 0 Å². The Kier molecular flexibility index (Phi) is 9.70. The van der Waals surface area contributed by atoms with E-state index in [9.17, 15) is 0 Å². The number of hydrogen-bond donors (Lipinski definition) is 0. The first kappa shape index (κ1) is 36.8. The zero-order valence-corrected chi connectivity index (χ0v) is 36.6. The van der Waals surface area contributed by atoms with Crippen LogP contribution in [0.1, 0.15) is 109 Å². The van der Waals surface area contributed by atoms with Gasteiger partial charge >= 0.3 is 308 Å². The Hall–Kier alpha value is -1.96. The van der Waals surface area contributed by atoms with Crippen molar-refractivity contribution in [3.05, 3.63) is 129 Å². The van der Waals surface area contributed by atoms with E-state index in [2.05, 4.69) is 172 Å². The van der Waals surface area contributed by atoms with Crippen LogP contribution in [0, 0.1) is 5.92 Å². The van der Waals surface area contributed by atoms with Gasteiger partial charge in [-0.05, 0) is 0 Å². The molecule has 0 fully saturated rings. The topological polar surface area (TPSA) is 0 Å². The average molecular weight is 786 g/mol. The number of hydrogen-bond acceptors (Lipinski definition) is 0. The first-order valence-corrected chi connectivity index (χ1v) is 34.7. The first-order chi connectivity index (χ1) is 22.9. The van der Waals surface area contributed by atoms with Crippen LogP contribution >= 0.6 is 17.0 Å². The maximum absolute atomic E-state index is 8.70. The predicted molar refractivity (Wildman–Crippen MR) is 218 cm³/mol. The van der Waals surface area contributed by atoms with Gasteiger partial charge in [-0.1, -0.05) is 0 Å². The van der Waals surface area contributed by atoms with Crippen LogP contribution < -0.4 is 0 Å². The summed E-state index contributed by atoms with van der Waals surface area (Å²) in [4.78, 5) is 0. The van der Waals surface area contributed by atoms with Gasteiger partial charge in [0, 0.05) is 0 Å². The number of halogens is 2. The van der Waals surface area contributed by atoms with Crippen molar-refractivity contribution >= 4 is 35.1 Å². The minimum absolute atomic E-state index is 0.0841. The Balaban J connectivity index is 1.53. The predicted octanol–water partition coefficient (Wildman–Crippen LogP) is 14.2. The van der Waals surface area contributed by atoms with Gasteiger partial charge in [-0.3, -0.25) is 0 Å². The van der Waals surface area contributed by atoms with Crippen molar-refractivity contribution in [2.75, 3.05) is 0 Å². The van der Waals surface area contributed by atoms with E-state index in [1.54, 1.807) is 0 Å². The van der Waals surface area contributed by atoms with Gasteiger partial charge in [0.25, 0.3) is 0 Å². The molecular weight excluding hydrogens is 731 g/mol. The molecule has 49 heavy (non-hydrogen) atoms. The summed E-state index contributed by atoms with van der Waals surface area (Å²) in [6.07, 6.45) is 5.92. The van der Waals surface area contributed by atoms with E-state index in [4.69, 9.17) is 17.0 Å². The van der Waals surface area contributed by atoms with Crippen molar-refractivity contribution in [3.63, 3.8) is 0 Å². The van der Waals surface area contributed by atoms with Crippen molar-refractivity contribution in [1.29, 1.82) is 0 Å². The normalized spacial score (nSPS) is 18.6. The van der Waals surface area contributed by atoms with Gasteiger partial charge in [-0.2, -0.15) is 0 Å². The van der Waals surface area contributed by atoms with E-state index in [0.717, 1.165) is 6.42 Å². The third-order valence-corrected chi connectivity index (χ3v) is 63.4. The molecule has 0 heterocycles. The molecule has 0 nitrogen and oxygen atoms in total. The quantitative estimate of drug-likeness (QED) is 0.164. The number of benzene rings is 4. The summed E-state index contributed by atoms with van der Waals surface area (Å²) in [5.74, 6) is -1.30. The second kappa shape index (κ2) is 12.9. The Morgan fingerprint density at radius 3 is 1.45 bits per heavy atom. The van der Waals surface area contributed by atoms with Crippen LogP contribution in [0.4, 0.5) is 0 Å². The van der Waals surface area contributed by atoms with E-state index in [1.807, 2.05) is 0 Å². The SMILES string of the molecule is CCC1=Cc2c(-c3ccc(C(C)(C)C)cc3)cccc2[CH]1[Zr]([Cl])([Cl])([CH]1C(C(C)C)=Cc2c(-c3ccc(C(C)(C)C)cc3)cccc21)[SiH](C)C. The van der Waals surface area contributed by atoms with Crippen LogP contribution in [0.3, 0.4) is 0 Å². The molecule has 4 aromatic carbocycles. The molecule has 0 aromatic heterocycles. The summed E-state index contributed by atoms with van der Waals surface area (Å²) in [5.41, 5.74) is 16.2. The molecule has 257 valence electrons. The Morgan fingerprint density at radius 1 is 0.633 bits per heavy atom. The summed E-state index contributed by atoms with van der Waals surface area (Å²) in [5, 5.41) is 0. The van der Waals surface area contributed by atoms with Crippen LogP contribution in [0.25, 0.3) is 34.4 Å². The average Bonchev–Trinajstić information content (AvgIpc) is 3.65. The monoisotopic (exact) mass is 783 g/mol. The van der Waals surface area contributed by atoms with Gasteiger partial charge in [0.1, 0.15) is 0 Å². The molecule has 2 atom stereocenters. The van der Waals surface area contributed by atoms with Crippen LogP contribution in [0.15, 0.2) is 96.1 Å². The zero-order valence-electron chi connectivity index (χ0n) is 31.5. The van der Waals surface area contributed by atoms with Gasteiger partial charge in [0.2, 0.25) is 0 Å². The molecule has 6 rings (SSSR count). The molecule has 0 saturated carbocycles. The van der Waals surface area contributed by atoms with Crippen LogP contribution in [0.5, 0.6) is 0 Å². The molecular formula is C45H55Cl2SiZr. The Labute approximate surface area is 305 Å². The van der Waals surface area contributed by atoms with Crippen molar-refractivity contribution in [2.24, 2.45) is 5.92 Å².